The molecule has 4 heterocycles. The molecule has 4 aliphatic heterocycles. The van der Waals surface area contributed by atoms with Gasteiger partial charge >= 0.3 is 0 Å². The van der Waals surface area contributed by atoms with Gasteiger partial charge < -0.3 is 24.5 Å². The van der Waals surface area contributed by atoms with Crippen molar-refractivity contribution in [3.8, 4) is 5.75 Å². The fourth-order valence-corrected chi connectivity index (χ4v) is 9.89. The van der Waals surface area contributed by atoms with Gasteiger partial charge in [0.25, 0.3) is 5.91 Å². The average molecular weight is 650 g/mol. The van der Waals surface area contributed by atoms with Gasteiger partial charge in [-0.05, 0) is 62.1 Å². The number of aryl methyl sites for hydroxylation is 1. The van der Waals surface area contributed by atoms with Crippen molar-refractivity contribution in [1.29, 1.82) is 0 Å². The van der Waals surface area contributed by atoms with Crippen LogP contribution in [0.4, 0.5) is 11.4 Å². The monoisotopic (exact) mass is 649 g/mol. The molecule has 0 saturated carbocycles. The maximum Gasteiger partial charge on any atom is 0.251 e. The van der Waals surface area contributed by atoms with Crippen molar-refractivity contribution in [3.05, 3.63) is 77.4 Å². The minimum atomic E-state index is -1.00. The Morgan fingerprint density at radius 3 is 2.42 bits per heavy atom. The highest BCUT2D eigenvalue weighted by atomic mass is 35.5. The average Bonchev–Trinajstić information content (AvgIpc) is 3.33. The first-order valence-electron chi connectivity index (χ1n) is 15.7. The van der Waals surface area contributed by atoms with E-state index in [4.69, 9.17) is 16.3 Å². The van der Waals surface area contributed by atoms with Crippen LogP contribution >= 0.6 is 23.4 Å². The second-order valence-electron chi connectivity index (χ2n) is 12.6. The zero-order valence-electron chi connectivity index (χ0n) is 26.1. The number of nitrogens with zero attached hydrogens (tertiary/aromatic N) is 3. The molecule has 2 aromatic rings. The third-order valence-corrected chi connectivity index (χ3v) is 11.4. The molecule has 0 aromatic heterocycles. The van der Waals surface area contributed by atoms with Gasteiger partial charge in [-0.1, -0.05) is 61.9 Å². The van der Waals surface area contributed by atoms with Crippen LogP contribution in [-0.2, 0) is 14.4 Å². The first-order chi connectivity index (χ1) is 21.6. The number of ether oxygens (including phenoxy) is 1. The van der Waals surface area contributed by atoms with Crippen LogP contribution < -0.4 is 14.5 Å². The van der Waals surface area contributed by atoms with Gasteiger partial charge in [-0.25, -0.2) is 0 Å². The lowest BCUT2D eigenvalue weighted by atomic mass is 9.78. The maximum atomic E-state index is 14.9. The number of likely N-dealkylation sites (tertiary alicyclic amines) is 1. The number of aliphatic hydroxyl groups is 1. The number of halogens is 1. The Morgan fingerprint density at radius 2 is 1.76 bits per heavy atom. The van der Waals surface area contributed by atoms with E-state index in [2.05, 4.69) is 0 Å². The minimum Gasteiger partial charge on any atom is -0.494 e. The zero-order chi connectivity index (χ0) is 32.0. The quantitative estimate of drug-likeness (QED) is 0.393. The number of aliphatic hydroxyl groups excluding tert-OH is 1. The summed E-state index contributed by atoms with van der Waals surface area (Å²) in [6.07, 6.45) is 8.47. The number of fused-ring (bicyclic) bond motifs is 2. The van der Waals surface area contributed by atoms with E-state index in [1.165, 1.54) is 11.8 Å². The number of amides is 3. The summed E-state index contributed by atoms with van der Waals surface area (Å²) in [7, 11) is 0. The SMILES string of the molecule is CCOc1ccc(N2CC=C[C@@H]3S[C@]45C=CCN(c6c(C)cccc6Cl)C(=O)C4N([C@@H](CO)CC(C)C)C(=O)[C@@H]5[C@@H]3C2=O)cc1. The van der Waals surface area contributed by atoms with E-state index in [0.717, 1.165) is 17.0 Å². The number of anilines is 2. The van der Waals surface area contributed by atoms with E-state index in [9.17, 15) is 19.5 Å². The van der Waals surface area contributed by atoms with Crippen LogP contribution in [-0.4, -0.2) is 76.1 Å². The number of benzene rings is 2. The van der Waals surface area contributed by atoms with Gasteiger partial charge in [0.1, 0.15) is 11.8 Å². The minimum absolute atomic E-state index is 0.147. The van der Waals surface area contributed by atoms with Gasteiger partial charge in [0.15, 0.2) is 0 Å². The fourth-order valence-electron chi connectivity index (χ4n) is 7.58. The highest BCUT2D eigenvalue weighted by molar-refractivity contribution is 8.02. The lowest BCUT2D eigenvalue weighted by Crippen LogP contribution is -2.57. The molecule has 0 bridgehead atoms. The Morgan fingerprint density at radius 1 is 1.02 bits per heavy atom. The zero-order valence-corrected chi connectivity index (χ0v) is 27.6. The summed E-state index contributed by atoms with van der Waals surface area (Å²) in [5.74, 6) is -1.24. The highest BCUT2D eigenvalue weighted by Crippen LogP contribution is 2.62. The first kappa shape index (κ1) is 31.7. The lowest BCUT2D eigenvalue weighted by Gasteiger charge is -2.39. The highest BCUT2D eigenvalue weighted by Gasteiger charge is 2.72. The molecule has 8 nitrogen and oxygen atoms in total. The van der Waals surface area contributed by atoms with Crippen molar-refractivity contribution in [2.75, 3.05) is 36.1 Å². The summed E-state index contributed by atoms with van der Waals surface area (Å²) in [5.41, 5.74) is 2.18. The Hall–Kier alpha value is -3.27. The Labute approximate surface area is 274 Å². The van der Waals surface area contributed by atoms with Gasteiger partial charge in [0.2, 0.25) is 11.8 Å². The van der Waals surface area contributed by atoms with Crippen LogP contribution in [0.5, 0.6) is 5.75 Å². The first-order valence-corrected chi connectivity index (χ1v) is 16.9. The van der Waals surface area contributed by atoms with Crippen LogP contribution in [0, 0.1) is 24.7 Å². The summed E-state index contributed by atoms with van der Waals surface area (Å²) in [5, 5.41) is 10.8. The van der Waals surface area contributed by atoms with Crippen LogP contribution in [0.15, 0.2) is 66.8 Å². The standard InChI is InChI=1S/C35H40ClN3O5S/c1-5-44-25-14-12-23(13-15-25)37-17-7-11-27-28(32(37)41)29-33(42)39(24(20-40)19-21(2)3)31-34(43)38(18-8-16-35(29,31)45-27)30-22(4)9-6-10-26(30)36/h6-16,21,24,27-29,31,40H,5,17-20H2,1-4H3/t24-,27+,28-,29+,31?,35+/m1/s1. The number of hydrogen-bond acceptors (Lipinski definition) is 6. The second-order valence-corrected chi connectivity index (χ2v) is 14.5. The number of rotatable bonds is 8. The molecule has 3 amide bonds. The third kappa shape index (κ3) is 5.26. The van der Waals surface area contributed by atoms with Crippen LogP contribution in [0.1, 0.15) is 32.8 Å². The molecule has 1 N–H and O–H groups in total. The summed E-state index contributed by atoms with van der Waals surface area (Å²) in [6, 6.07) is 11.4. The molecule has 2 saturated heterocycles. The Bertz CT molecular complexity index is 1520. The van der Waals surface area contributed by atoms with Crippen molar-refractivity contribution < 1.29 is 24.2 Å². The molecule has 0 radical (unpaired) electrons. The molecule has 2 fully saturated rings. The second kappa shape index (κ2) is 12.5. The molecule has 0 aliphatic carbocycles. The molecular formula is C35H40ClN3O5S. The van der Waals surface area contributed by atoms with Crippen LogP contribution in [0.2, 0.25) is 5.02 Å². The number of thioether (sulfide) groups is 1. The van der Waals surface area contributed by atoms with E-state index < -0.39 is 28.7 Å². The van der Waals surface area contributed by atoms with E-state index in [1.807, 2.05) is 88.4 Å². The number of carbonyl (C=O) groups excluding carboxylic acids is 3. The van der Waals surface area contributed by atoms with Crippen LogP contribution in [0.25, 0.3) is 0 Å². The van der Waals surface area contributed by atoms with Gasteiger partial charge in [-0.15, -0.1) is 11.8 Å². The van der Waals surface area contributed by atoms with E-state index in [-0.39, 0.29) is 42.0 Å². The van der Waals surface area contributed by atoms with Crippen molar-refractivity contribution in [2.24, 2.45) is 17.8 Å². The number of hydrogen-bond donors (Lipinski definition) is 1. The lowest BCUT2D eigenvalue weighted by molar-refractivity contribution is -0.142. The molecule has 238 valence electrons. The number of para-hydroxylation sites is 1. The number of carbonyl (C=O) groups is 3. The summed E-state index contributed by atoms with van der Waals surface area (Å²) in [4.78, 5) is 49.2. The molecule has 1 unspecified atom stereocenters. The van der Waals surface area contributed by atoms with Gasteiger partial charge in [-0.2, -0.15) is 0 Å². The molecule has 1 spiro atoms. The molecular weight excluding hydrogens is 610 g/mol. The third-order valence-electron chi connectivity index (χ3n) is 9.36. The van der Waals surface area contributed by atoms with Crippen molar-refractivity contribution >= 4 is 52.5 Å². The summed E-state index contributed by atoms with van der Waals surface area (Å²) >= 11 is 8.22. The molecule has 10 heteroatoms. The fraction of sp³-hybridized carbons (Fsp3) is 0.457. The molecule has 2 aromatic carbocycles. The molecule has 6 atom stereocenters. The molecule has 6 rings (SSSR count). The van der Waals surface area contributed by atoms with Gasteiger partial charge in [0, 0.05) is 24.0 Å². The van der Waals surface area contributed by atoms with Crippen molar-refractivity contribution in [3.63, 3.8) is 0 Å². The Kier molecular flexibility index (Phi) is 8.80. The van der Waals surface area contributed by atoms with E-state index >= 15 is 0 Å². The molecule has 45 heavy (non-hydrogen) atoms. The van der Waals surface area contributed by atoms with Crippen LogP contribution in [0.3, 0.4) is 0 Å². The topological polar surface area (TPSA) is 90.4 Å². The van der Waals surface area contributed by atoms with Crippen molar-refractivity contribution in [2.45, 2.75) is 56.2 Å². The molecule has 4 aliphatic rings. The normalized spacial score (nSPS) is 28.2. The summed E-state index contributed by atoms with van der Waals surface area (Å²) in [6.45, 7) is 8.82. The van der Waals surface area contributed by atoms with Gasteiger partial charge in [0.05, 0.1) is 46.5 Å². The Balaban J connectivity index is 1.45. The van der Waals surface area contributed by atoms with E-state index in [1.54, 1.807) is 20.8 Å². The van der Waals surface area contributed by atoms with Crippen molar-refractivity contribution in [1.82, 2.24) is 4.90 Å². The smallest absolute Gasteiger partial charge is 0.251 e. The van der Waals surface area contributed by atoms with Gasteiger partial charge in [-0.3, -0.25) is 14.4 Å². The largest absolute Gasteiger partial charge is 0.494 e. The summed E-state index contributed by atoms with van der Waals surface area (Å²) < 4.78 is 4.60. The predicted molar refractivity (Wildman–Crippen MR) is 179 cm³/mol. The predicted octanol–water partition coefficient (Wildman–Crippen LogP) is 5.26. The van der Waals surface area contributed by atoms with E-state index in [0.29, 0.717) is 30.3 Å². The maximum absolute atomic E-state index is 14.9.